The van der Waals surface area contributed by atoms with E-state index >= 15 is 0 Å². The van der Waals surface area contributed by atoms with Gasteiger partial charge in [0.2, 0.25) is 5.91 Å². The Bertz CT molecular complexity index is 565. The Kier molecular flexibility index (Phi) is 3.44. The number of hydrogen-bond donors (Lipinski definition) is 2. The van der Waals surface area contributed by atoms with Crippen LogP contribution in [-0.4, -0.2) is 24.8 Å². The Hall–Kier alpha value is -1.89. The number of piperidine rings is 1. The van der Waals surface area contributed by atoms with Crippen LogP contribution in [0.3, 0.4) is 0 Å². The lowest BCUT2D eigenvalue weighted by molar-refractivity contribution is -0.286. The first-order valence-corrected chi connectivity index (χ1v) is 6.89. The second kappa shape index (κ2) is 5.14. The summed E-state index contributed by atoms with van der Waals surface area (Å²) in [6, 6.07) is 3.92. The Morgan fingerprint density at radius 2 is 2.14 bits per heavy atom. The van der Waals surface area contributed by atoms with E-state index in [9.17, 15) is 13.6 Å². The van der Waals surface area contributed by atoms with Crippen molar-refractivity contribution in [3.05, 3.63) is 18.2 Å². The first-order valence-electron chi connectivity index (χ1n) is 6.89. The van der Waals surface area contributed by atoms with Crippen molar-refractivity contribution in [3.63, 3.8) is 0 Å². The molecular weight excluding hydrogens is 282 g/mol. The van der Waals surface area contributed by atoms with Gasteiger partial charge < -0.3 is 20.1 Å². The minimum atomic E-state index is -3.65. The number of anilines is 1. The molecule has 21 heavy (non-hydrogen) atoms. The molecular formula is C14H16F2N2O3. The fourth-order valence-corrected chi connectivity index (χ4v) is 2.65. The Labute approximate surface area is 120 Å². The van der Waals surface area contributed by atoms with Crippen LogP contribution in [0.15, 0.2) is 18.2 Å². The van der Waals surface area contributed by atoms with Gasteiger partial charge in [0, 0.05) is 11.8 Å². The number of rotatable bonds is 2. The lowest BCUT2D eigenvalue weighted by atomic mass is 9.92. The number of amides is 1. The van der Waals surface area contributed by atoms with Crippen LogP contribution in [0.2, 0.25) is 0 Å². The smallest absolute Gasteiger partial charge is 0.395 e. The maximum Gasteiger partial charge on any atom is 0.586 e. The summed E-state index contributed by atoms with van der Waals surface area (Å²) in [6.07, 6.45) is -1.62. The minimum Gasteiger partial charge on any atom is -0.395 e. The highest BCUT2D eigenvalue weighted by Gasteiger charge is 2.43. The van der Waals surface area contributed by atoms with Crippen LogP contribution in [0, 0.1) is 5.92 Å². The number of nitrogens with one attached hydrogen (secondary N) is 2. The van der Waals surface area contributed by atoms with Crippen LogP contribution in [0.5, 0.6) is 11.5 Å². The summed E-state index contributed by atoms with van der Waals surface area (Å²) in [7, 11) is 0. The molecule has 0 radical (unpaired) electrons. The van der Waals surface area contributed by atoms with Crippen molar-refractivity contribution in [2.75, 3.05) is 11.9 Å². The van der Waals surface area contributed by atoms with Gasteiger partial charge in [-0.15, -0.1) is 8.78 Å². The zero-order valence-electron chi connectivity index (χ0n) is 11.5. The highest BCUT2D eigenvalue weighted by atomic mass is 19.3. The third-order valence-electron chi connectivity index (χ3n) is 3.72. The lowest BCUT2D eigenvalue weighted by Gasteiger charge is -2.28. The molecule has 0 bridgehead atoms. The summed E-state index contributed by atoms with van der Waals surface area (Å²) in [6.45, 7) is 2.81. The topological polar surface area (TPSA) is 59.6 Å². The van der Waals surface area contributed by atoms with Crippen molar-refractivity contribution in [2.45, 2.75) is 32.1 Å². The molecule has 0 aliphatic carbocycles. The number of hydrogen-bond acceptors (Lipinski definition) is 4. The van der Waals surface area contributed by atoms with E-state index in [1.165, 1.54) is 18.2 Å². The molecule has 1 aromatic carbocycles. The lowest BCUT2D eigenvalue weighted by Crippen LogP contribution is -2.48. The molecule has 2 atom stereocenters. The minimum absolute atomic E-state index is 0.0397. The van der Waals surface area contributed by atoms with E-state index in [0.29, 0.717) is 5.69 Å². The molecule has 1 aromatic rings. The summed E-state index contributed by atoms with van der Waals surface area (Å²) in [5, 5.41) is 5.88. The average molecular weight is 298 g/mol. The van der Waals surface area contributed by atoms with Crippen molar-refractivity contribution >= 4 is 11.6 Å². The van der Waals surface area contributed by atoms with Crippen LogP contribution < -0.4 is 20.1 Å². The van der Waals surface area contributed by atoms with E-state index in [0.717, 1.165) is 19.4 Å². The summed E-state index contributed by atoms with van der Waals surface area (Å²) in [4.78, 5) is 12.2. The van der Waals surface area contributed by atoms with Crippen molar-refractivity contribution in [3.8, 4) is 11.5 Å². The molecule has 3 rings (SSSR count). The molecule has 5 nitrogen and oxygen atoms in total. The second-order valence-electron chi connectivity index (χ2n) is 5.37. The molecule has 0 spiro atoms. The molecule has 0 aromatic heterocycles. The van der Waals surface area contributed by atoms with Gasteiger partial charge in [0.1, 0.15) is 0 Å². The summed E-state index contributed by atoms with van der Waals surface area (Å²) in [5.41, 5.74) is 0.402. The number of ether oxygens (including phenoxy) is 2. The quantitative estimate of drug-likeness (QED) is 0.880. The summed E-state index contributed by atoms with van der Waals surface area (Å²) < 4.78 is 34.5. The highest BCUT2D eigenvalue weighted by Crippen LogP contribution is 2.42. The fraction of sp³-hybridized carbons (Fsp3) is 0.500. The van der Waals surface area contributed by atoms with Gasteiger partial charge in [-0.1, -0.05) is 6.92 Å². The number of carbonyl (C=O) groups excluding carboxylic acids is 1. The molecule has 2 N–H and O–H groups in total. The number of carbonyl (C=O) groups is 1. The van der Waals surface area contributed by atoms with Gasteiger partial charge in [0.25, 0.3) is 0 Å². The van der Waals surface area contributed by atoms with Crippen molar-refractivity contribution in [1.29, 1.82) is 0 Å². The largest absolute Gasteiger partial charge is 0.586 e. The van der Waals surface area contributed by atoms with Crippen LogP contribution in [0.25, 0.3) is 0 Å². The monoisotopic (exact) mass is 298 g/mol. The van der Waals surface area contributed by atoms with Gasteiger partial charge in [-0.3, -0.25) is 4.79 Å². The number of benzene rings is 1. The van der Waals surface area contributed by atoms with E-state index in [1.54, 1.807) is 0 Å². The summed E-state index contributed by atoms with van der Waals surface area (Å²) >= 11 is 0. The molecule has 114 valence electrons. The second-order valence-corrected chi connectivity index (χ2v) is 5.37. The molecule has 2 heterocycles. The summed E-state index contributed by atoms with van der Waals surface area (Å²) in [5.74, 6) is -0.0606. The van der Waals surface area contributed by atoms with Crippen molar-refractivity contribution in [1.82, 2.24) is 5.32 Å². The highest BCUT2D eigenvalue weighted by molar-refractivity contribution is 5.95. The molecule has 2 unspecified atom stereocenters. The Morgan fingerprint density at radius 3 is 2.90 bits per heavy atom. The zero-order valence-corrected chi connectivity index (χ0v) is 11.5. The Morgan fingerprint density at radius 1 is 1.38 bits per heavy atom. The molecule has 7 heteroatoms. The maximum atomic E-state index is 12.9. The first kappa shape index (κ1) is 14.1. The molecule has 1 amide bonds. The van der Waals surface area contributed by atoms with Crippen LogP contribution >= 0.6 is 0 Å². The molecule has 2 aliphatic heterocycles. The van der Waals surface area contributed by atoms with Crippen LogP contribution in [0.1, 0.15) is 19.8 Å². The predicted octanol–water partition coefficient (Wildman–Crippen LogP) is 2.33. The fourth-order valence-electron chi connectivity index (χ4n) is 2.65. The predicted molar refractivity (Wildman–Crippen MR) is 71.5 cm³/mol. The van der Waals surface area contributed by atoms with Gasteiger partial charge in [-0.2, -0.15) is 0 Å². The van der Waals surface area contributed by atoms with Crippen molar-refractivity contribution < 1.29 is 23.0 Å². The molecule has 2 aliphatic rings. The van der Waals surface area contributed by atoms with Gasteiger partial charge in [-0.05, 0) is 37.4 Å². The third-order valence-corrected chi connectivity index (χ3v) is 3.72. The standard InChI is InChI=1S/C14H16F2N2O3/c1-8-3-2-6-17-12(8)13(19)18-9-4-5-10-11(7-9)21-14(15,16)20-10/h4-5,7-8,12,17H,2-3,6H2,1H3,(H,18,19). The Balaban J connectivity index is 1.70. The van der Waals surface area contributed by atoms with Gasteiger partial charge in [0.05, 0.1) is 6.04 Å². The van der Waals surface area contributed by atoms with Crippen LogP contribution in [-0.2, 0) is 4.79 Å². The van der Waals surface area contributed by atoms with E-state index in [-0.39, 0.29) is 29.4 Å². The number of alkyl halides is 2. The normalized spacial score (nSPS) is 26.4. The molecule has 0 saturated carbocycles. The van der Waals surface area contributed by atoms with E-state index in [1.807, 2.05) is 6.92 Å². The number of halogens is 2. The van der Waals surface area contributed by atoms with Crippen molar-refractivity contribution in [2.24, 2.45) is 5.92 Å². The van der Waals surface area contributed by atoms with E-state index in [2.05, 4.69) is 20.1 Å². The van der Waals surface area contributed by atoms with Crippen LogP contribution in [0.4, 0.5) is 14.5 Å². The molecule has 1 saturated heterocycles. The maximum absolute atomic E-state index is 12.9. The van der Waals surface area contributed by atoms with E-state index < -0.39 is 6.29 Å². The first-order chi connectivity index (χ1) is 9.94. The third kappa shape index (κ3) is 2.92. The van der Waals surface area contributed by atoms with Gasteiger partial charge in [-0.25, -0.2) is 0 Å². The van der Waals surface area contributed by atoms with Gasteiger partial charge in [0.15, 0.2) is 11.5 Å². The SMILES string of the molecule is CC1CCCNC1C(=O)Nc1ccc2c(c1)OC(F)(F)O2. The van der Waals surface area contributed by atoms with Gasteiger partial charge >= 0.3 is 6.29 Å². The van der Waals surface area contributed by atoms with E-state index in [4.69, 9.17) is 0 Å². The average Bonchev–Trinajstić information content (AvgIpc) is 2.72. The molecule has 1 fully saturated rings. The number of fused-ring (bicyclic) bond motifs is 1. The zero-order chi connectivity index (χ0) is 15.0.